The monoisotopic (exact) mass is 792 g/mol. The van der Waals surface area contributed by atoms with E-state index in [2.05, 4.69) is 23.6 Å². The second-order valence-corrected chi connectivity index (χ2v) is 14.2. The standard InChI is InChI=1S/C43H38Cl2F4N2O4/c1-4-6-12-26(5-2)23-51-36-20-19-27(39(50-55-25(3)52)30-15-9-10-18-37(30)54-24-43(48,49)42(46)47)21-31(36)32-22-33(28-13-7-8-14-29(28)40(32)51)41(53)38-34(44)16-11-17-35(38)45/h7-11,13-22,26,42H,4-6,12,23-24H2,1-3H3/b50-39-. The number of carbonyl (C=O) groups is 2. The number of aromatic nitrogens is 1. The van der Waals surface area contributed by atoms with Crippen molar-refractivity contribution in [1.29, 1.82) is 0 Å². The SMILES string of the molecule is CCCCC(CC)Cn1c2ccc(/C(=N/OC(C)=O)c3ccccc3OCC(F)(F)C(F)F)cc2c2cc(C(=O)c3c(Cl)cccc3Cl)c3ccccc3c21. The molecule has 0 aliphatic heterocycles. The topological polar surface area (TPSA) is 69.9 Å². The Bertz CT molecular complexity index is 2410. The van der Waals surface area contributed by atoms with Gasteiger partial charge in [0.15, 0.2) is 12.4 Å². The van der Waals surface area contributed by atoms with Crippen LogP contribution in [0.25, 0.3) is 32.6 Å². The van der Waals surface area contributed by atoms with Crippen LogP contribution in [-0.4, -0.2) is 41.0 Å². The maximum Gasteiger partial charge on any atom is 0.340 e. The average Bonchev–Trinajstić information content (AvgIpc) is 3.47. The number of ketones is 1. The van der Waals surface area contributed by atoms with E-state index in [9.17, 15) is 27.2 Å². The summed E-state index contributed by atoms with van der Waals surface area (Å²) in [6.07, 6.45) is 0.149. The minimum absolute atomic E-state index is 0.0308. The molecule has 0 N–H and O–H groups in total. The first-order chi connectivity index (χ1) is 26.4. The number of ether oxygens (including phenoxy) is 1. The Morgan fingerprint density at radius 3 is 2.20 bits per heavy atom. The number of oxime groups is 1. The molecule has 12 heteroatoms. The highest BCUT2D eigenvalue weighted by Gasteiger charge is 2.42. The van der Waals surface area contributed by atoms with Crippen molar-refractivity contribution < 1.29 is 36.7 Å². The van der Waals surface area contributed by atoms with Crippen LogP contribution < -0.4 is 4.74 Å². The minimum Gasteiger partial charge on any atom is -0.486 e. The van der Waals surface area contributed by atoms with Gasteiger partial charge in [0.05, 0.1) is 21.1 Å². The van der Waals surface area contributed by atoms with Crippen molar-refractivity contribution in [2.45, 2.75) is 65.3 Å². The molecule has 0 aliphatic carbocycles. The minimum atomic E-state index is -4.42. The molecule has 0 saturated heterocycles. The molecule has 5 aromatic carbocycles. The summed E-state index contributed by atoms with van der Waals surface area (Å²) in [5, 5.41) is 7.55. The Morgan fingerprint density at radius 1 is 0.836 bits per heavy atom. The summed E-state index contributed by atoms with van der Waals surface area (Å²) in [5.74, 6) is -5.35. The van der Waals surface area contributed by atoms with Crippen molar-refractivity contribution in [2.24, 2.45) is 11.1 Å². The highest BCUT2D eigenvalue weighted by molar-refractivity contribution is 6.42. The van der Waals surface area contributed by atoms with Crippen LogP contribution in [0.15, 0.2) is 96.2 Å². The molecule has 0 fully saturated rings. The molecule has 6 nitrogen and oxygen atoms in total. The molecule has 0 spiro atoms. The lowest BCUT2D eigenvalue weighted by molar-refractivity contribution is -0.148. The molecule has 0 aliphatic rings. The summed E-state index contributed by atoms with van der Waals surface area (Å²) >= 11 is 13.1. The number of nitrogens with zero attached hydrogens (tertiary/aromatic N) is 2. The third-order valence-electron chi connectivity index (χ3n) is 9.70. The zero-order valence-electron chi connectivity index (χ0n) is 30.4. The van der Waals surface area contributed by atoms with Crippen LogP contribution >= 0.6 is 23.2 Å². The Morgan fingerprint density at radius 2 is 1.53 bits per heavy atom. The zero-order chi connectivity index (χ0) is 39.4. The van der Waals surface area contributed by atoms with Crippen LogP contribution in [-0.2, 0) is 16.2 Å². The van der Waals surface area contributed by atoms with Gasteiger partial charge in [-0.05, 0) is 60.2 Å². The van der Waals surface area contributed by atoms with E-state index in [1.807, 2.05) is 42.5 Å². The molecule has 1 heterocycles. The fourth-order valence-corrected chi connectivity index (χ4v) is 7.47. The van der Waals surface area contributed by atoms with E-state index >= 15 is 0 Å². The van der Waals surface area contributed by atoms with Gasteiger partial charge in [0.2, 0.25) is 0 Å². The highest BCUT2D eigenvalue weighted by Crippen LogP contribution is 2.40. The molecular formula is C43H38Cl2F4N2O4. The lowest BCUT2D eigenvalue weighted by Crippen LogP contribution is -2.34. The van der Waals surface area contributed by atoms with Gasteiger partial charge in [-0.2, -0.15) is 8.78 Å². The average molecular weight is 794 g/mol. The van der Waals surface area contributed by atoms with Gasteiger partial charge in [0.1, 0.15) is 11.5 Å². The molecule has 1 aromatic heterocycles. The Labute approximate surface area is 325 Å². The smallest absolute Gasteiger partial charge is 0.340 e. The quantitative estimate of drug-likeness (QED) is 0.0341. The van der Waals surface area contributed by atoms with E-state index in [-0.39, 0.29) is 38.4 Å². The van der Waals surface area contributed by atoms with Crippen molar-refractivity contribution in [1.82, 2.24) is 4.57 Å². The number of carbonyl (C=O) groups excluding carboxylic acids is 2. The predicted molar refractivity (Wildman–Crippen MR) is 210 cm³/mol. The molecule has 6 aromatic rings. The number of benzene rings is 5. The van der Waals surface area contributed by atoms with Crippen molar-refractivity contribution in [3.8, 4) is 5.75 Å². The number of halogens is 6. The van der Waals surface area contributed by atoms with E-state index < -0.39 is 24.9 Å². The van der Waals surface area contributed by atoms with Gasteiger partial charge in [-0.1, -0.05) is 110 Å². The molecular weight excluding hydrogens is 755 g/mol. The molecule has 1 atom stereocenters. The second-order valence-electron chi connectivity index (χ2n) is 13.4. The van der Waals surface area contributed by atoms with Gasteiger partial charge in [-0.3, -0.25) is 4.79 Å². The number of para-hydroxylation sites is 1. The van der Waals surface area contributed by atoms with Crippen molar-refractivity contribution in [3.63, 3.8) is 0 Å². The Kier molecular flexibility index (Phi) is 12.2. The number of rotatable bonds is 15. The van der Waals surface area contributed by atoms with Gasteiger partial charge in [0.25, 0.3) is 0 Å². The lowest BCUT2D eigenvalue weighted by atomic mass is 9.93. The van der Waals surface area contributed by atoms with Crippen molar-refractivity contribution in [2.75, 3.05) is 6.61 Å². The van der Waals surface area contributed by atoms with Gasteiger partial charge in [-0.25, -0.2) is 13.6 Å². The van der Waals surface area contributed by atoms with Gasteiger partial charge in [0, 0.05) is 51.8 Å². The summed E-state index contributed by atoms with van der Waals surface area (Å²) in [7, 11) is 0. The maximum atomic E-state index is 14.4. The number of hydrogen-bond donors (Lipinski definition) is 0. The number of unbranched alkanes of at least 4 members (excludes halogenated alkanes) is 1. The molecule has 1 unspecified atom stereocenters. The normalized spacial score (nSPS) is 12.9. The molecule has 6 rings (SSSR count). The van der Waals surface area contributed by atoms with Crippen molar-refractivity contribution >= 4 is 73.2 Å². The Hall–Kier alpha value is -4.93. The molecule has 0 saturated carbocycles. The van der Waals surface area contributed by atoms with E-state index in [1.165, 1.54) is 18.2 Å². The van der Waals surface area contributed by atoms with Crippen LogP contribution in [0.4, 0.5) is 17.6 Å². The first-order valence-corrected chi connectivity index (χ1v) is 18.7. The third kappa shape index (κ3) is 8.21. The van der Waals surface area contributed by atoms with Crippen LogP contribution in [0.1, 0.15) is 73.5 Å². The van der Waals surface area contributed by atoms with Gasteiger partial charge < -0.3 is 14.1 Å². The van der Waals surface area contributed by atoms with Crippen LogP contribution in [0.5, 0.6) is 5.75 Å². The number of fused-ring (bicyclic) bond motifs is 5. The zero-order valence-corrected chi connectivity index (χ0v) is 31.9. The van der Waals surface area contributed by atoms with Gasteiger partial charge in [-0.15, -0.1) is 0 Å². The molecule has 286 valence electrons. The molecule has 0 bridgehead atoms. The lowest BCUT2D eigenvalue weighted by Gasteiger charge is -2.19. The van der Waals surface area contributed by atoms with Crippen LogP contribution in [0, 0.1) is 5.92 Å². The first kappa shape index (κ1) is 39.8. The number of alkyl halides is 4. The third-order valence-corrected chi connectivity index (χ3v) is 10.3. The van der Waals surface area contributed by atoms with Crippen LogP contribution in [0.3, 0.4) is 0 Å². The van der Waals surface area contributed by atoms with E-state index in [4.69, 9.17) is 32.8 Å². The predicted octanol–water partition coefficient (Wildman–Crippen LogP) is 12.3. The summed E-state index contributed by atoms with van der Waals surface area (Å²) in [5.41, 5.74) is 2.87. The molecule has 0 radical (unpaired) electrons. The van der Waals surface area contributed by atoms with Crippen molar-refractivity contribution in [3.05, 3.63) is 123 Å². The fourth-order valence-electron chi connectivity index (χ4n) is 6.91. The fraction of sp³-hybridized carbons (Fsp3) is 0.279. The largest absolute Gasteiger partial charge is 0.486 e. The first-order valence-electron chi connectivity index (χ1n) is 18.0. The maximum absolute atomic E-state index is 14.4. The van der Waals surface area contributed by atoms with E-state index in [1.54, 1.807) is 30.3 Å². The molecule has 55 heavy (non-hydrogen) atoms. The van der Waals surface area contributed by atoms with Crippen LogP contribution in [0.2, 0.25) is 10.0 Å². The highest BCUT2D eigenvalue weighted by atomic mass is 35.5. The Balaban J connectivity index is 1.63. The van der Waals surface area contributed by atoms with Gasteiger partial charge >= 0.3 is 18.3 Å². The van der Waals surface area contributed by atoms with E-state index in [0.717, 1.165) is 59.8 Å². The summed E-state index contributed by atoms with van der Waals surface area (Å²) < 4.78 is 61.6. The second kappa shape index (κ2) is 16.8. The molecule has 0 amide bonds. The summed E-state index contributed by atoms with van der Waals surface area (Å²) in [6.45, 7) is 4.58. The summed E-state index contributed by atoms with van der Waals surface area (Å²) in [4.78, 5) is 31.5. The number of hydrogen-bond acceptors (Lipinski definition) is 5. The van der Waals surface area contributed by atoms with E-state index in [0.29, 0.717) is 29.0 Å². The summed E-state index contributed by atoms with van der Waals surface area (Å²) in [6, 6.07) is 25.8.